The van der Waals surface area contributed by atoms with Crippen LogP contribution >= 0.6 is 0 Å². The Morgan fingerprint density at radius 1 is 1.19 bits per heavy atom. The molecule has 0 spiro atoms. The predicted octanol–water partition coefficient (Wildman–Crippen LogP) is 3.01. The third-order valence-corrected chi connectivity index (χ3v) is 6.23. The van der Waals surface area contributed by atoms with Crippen LogP contribution in [0.15, 0.2) is 48.5 Å². The van der Waals surface area contributed by atoms with E-state index >= 15 is 0 Å². The van der Waals surface area contributed by atoms with Crippen LogP contribution < -0.4 is 19.3 Å². The lowest BCUT2D eigenvalue weighted by Gasteiger charge is -2.22. The van der Waals surface area contributed by atoms with Crippen molar-refractivity contribution in [3.05, 3.63) is 48.5 Å². The number of ether oxygens (including phenoxy) is 1. The van der Waals surface area contributed by atoms with Crippen molar-refractivity contribution in [1.82, 2.24) is 0 Å². The van der Waals surface area contributed by atoms with Crippen molar-refractivity contribution in [1.29, 1.82) is 0 Å². The first kappa shape index (κ1) is 22.6. The highest BCUT2D eigenvalue weighted by atomic mass is 32.2. The highest BCUT2D eigenvalue weighted by molar-refractivity contribution is 7.92. The van der Waals surface area contributed by atoms with Gasteiger partial charge >= 0.3 is 0 Å². The van der Waals surface area contributed by atoms with Gasteiger partial charge in [-0.1, -0.05) is 6.07 Å². The molecule has 0 atom stereocenters. The van der Waals surface area contributed by atoms with Crippen molar-refractivity contribution in [2.24, 2.45) is 0 Å². The SMILES string of the molecule is COc1ccc(N(CCCC(=O)Nc2cccc(N3CCCC3=O)c2)S(C)(=O)=O)cc1. The van der Waals surface area contributed by atoms with Crippen LogP contribution in [0.1, 0.15) is 25.7 Å². The second-order valence-electron chi connectivity index (χ2n) is 7.38. The minimum Gasteiger partial charge on any atom is -0.497 e. The molecule has 166 valence electrons. The van der Waals surface area contributed by atoms with Gasteiger partial charge in [0.15, 0.2) is 0 Å². The molecular formula is C22H27N3O5S. The number of anilines is 3. The molecule has 1 aliphatic rings. The van der Waals surface area contributed by atoms with Crippen LogP contribution in [0.3, 0.4) is 0 Å². The number of carbonyl (C=O) groups is 2. The average molecular weight is 446 g/mol. The molecule has 0 unspecified atom stereocenters. The number of sulfonamides is 1. The standard InChI is InChI=1S/C22H27N3O5S/c1-30-20-12-10-18(11-13-20)25(31(2,28)29)15-4-8-21(26)23-17-6-3-7-19(16-17)24-14-5-9-22(24)27/h3,6-7,10-13,16H,4-5,8-9,14-15H2,1-2H3,(H,23,26). The number of benzene rings is 2. The van der Waals surface area contributed by atoms with Gasteiger partial charge in [0, 0.05) is 37.3 Å². The molecule has 0 aliphatic carbocycles. The van der Waals surface area contributed by atoms with Gasteiger partial charge in [0.05, 0.1) is 19.1 Å². The van der Waals surface area contributed by atoms with Crippen molar-refractivity contribution < 1.29 is 22.7 Å². The zero-order valence-electron chi connectivity index (χ0n) is 17.7. The van der Waals surface area contributed by atoms with E-state index in [-0.39, 0.29) is 24.8 Å². The zero-order valence-corrected chi connectivity index (χ0v) is 18.5. The molecule has 0 saturated carbocycles. The van der Waals surface area contributed by atoms with E-state index in [2.05, 4.69) is 5.32 Å². The molecule has 8 nitrogen and oxygen atoms in total. The van der Waals surface area contributed by atoms with E-state index in [9.17, 15) is 18.0 Å². The van der Waals surface area contributed by atoms with Gasteiger partial charge in [-0.2, -0.15) is 0 Å². The Balaban J connectivity index is 1.57. The molecule has 2 aromatic rings. The maximum atomic E-state index is 12.4. The summed E-state index contributed by atoms with van der Waals surface area (Å²) >= 11 is 0. The topological polar surface area (TPSA) is 96.0 Å². The first-order valence-electron chi connectivity index (χ1n) is 10.1. The van der Waals surface area contributed by atoms with E-state index in [1.54, 1.807) is 54.5 Å². The summed E-state index contributed by atoms with van der Waals surface area (Å²) in [4.78, 5) is 26.0. The summed E-state index contributed by atoms with van der Waals surface area (Å²) in [7, 11) is -1.95. The molecule has 0 aromatic heterocycles. The average Bonchev–Trinajstić information content (AvgIpc) is 3.16. The van der Waals surface area contributed by atoms with Crippen LogP contribution in [0.4, 0.5) is 17.1 Å². The summed E-state index contributed by atoms with van der Waals surface area (Å²) in [6.07, 6.45) is 3.04. The summed E-state index contributed by atoms with van der Waals surface area (Å²) in [5.41, 5.74) is 1.90. The summed E-state index contributed by atoms with van der Waals surface area (Å²) in [5, 5.41) is 2.83. The Kier molecular flexibility index (Phi) is 7.17. The number of hydrogen-bond donors (Lipinski definition) is 1. The first-order chi connectivity index (χ1) is 14.8. The summed E-state index contributed by atoms with van der Waals surface area (Å²) in [5.74, 6) is 0.505. The number of nitrogens with zero attached hydrogens (tertiary/aromatic N) is 2. The number of nitrogens with one attached hydrogen (secondary N) is 1. The third-order valence-electron chi connectivity index (χ3n) is 5.04. The van der Waals surface area contributed by atoms with Gasteiger partial charge in [-0.15, -0.1) is 0 Å². The molecular weight excluding hydrogens is 418 g/mol. The Morgan fingerprint density at radius 3 is 2.55 bits per heavy atom. The molecule has 2 aromatic carbocycles. The van der Waals surface area contributed by atoms with E-state index < -0.39 is 10.0 Å². The largest absolute Gasteiger partial charge is 0.497 e. The van der Waals surface area contributed by atoms with Crippen molar-refractivity contribution in [3.63, 3.8) is 0 Å². The Labute approximate surface area is 182 Å². The van der Waals surface area contributed by atoms with Crippen molar-refractivity contribution >= 4 is 38.9 Å². The molecule has 1 saturated heterocycles. The van der Waals surface area contributed by atoms with Gasteiger partial charge in [-0.05, 0) is 55.3 Å². The van der Waals surface area contributed by atoms with Crippen LogP contribution in [0.5, 0.6) is 5.75 Å². The quantitative estimate of drug-likeness (QED) is 0.640. The fourth-order valence-electron chi connectivity index (χ4n) is 3.51. The van der Waals surface area contributed by atoms with Crippen LogP contribution in [0, 0.1) is 0 Å². The van der Waals surface area contributed by atoms with E-state index in [4.69, 9.17) is 4.74 Å². The van der Waals surface area contributed by atoms with Gasteiger partial charge < -0.3 is 15.0 Å². The van der Waals surface area contributed by atoms with E-state index in [1.165, 1.54) is 4.31 Å². The normalized spacial score (nSPS) is 13.9. The lowest BCUT2D eigenvalue weighted by Crippen LogP contribution is -2.31. The van der Waals surface area contributed by atoms with Gasteiger partial charge in [-0.3, -0.25) is 13.9 Å². The van der Waals surface area contributed by atoms with Crippen LogP contribution in [0.25, 0.3) is 0 Å². The predicted molar refractivity (Wildman–Crippen MR) is 121 cm³/mol. The van der Waals surface area contributed by atoms with Gasteiger partial charge in [-0.25, -0.2) is 8.42 Å². The number of carbonyl (C=O) groups excluding carboxylic acids is 2. The zero-order chi connectivity index (χ0) is 22.4. The fourth-order valence-corrected chi connectivity index (χ4v) is 4.48. The Hall–Kier alpha value is -3.07. The lowest BCUT2D eigenvalue weighted by molar-refractivity contribution is -0.117. The molecule has 9 heteroatoms. The molecule has 1 N–H and O–H groups in total. The van der Waals surface area contributed by atoms with Crippen molar-refractivity contribution in [2.75, 3.05) is 41.0 Å². The minimum atomic E-state index is -3.49. The maximum absolute atomic E-state index is 12.4. The maximum Gasteiger partial charge on any atom is 0.232 e. The Bertz CT molecular complexity index is 1040. The molecule has 2 amide bonds. The summed E-state index contributed by atoms with van der Waals surface area (Å²) < 4.78 is 30.8. The highest BCUT2D eigenvalue weighted by Crippen LogP contribution is 2.25. The smallest absolute Gasteiger partial charge is 0.232 e. The van der Waals surface area contributed by atoms with Gasteiger partial charge in [0.25, 0.3) is 0 Å². The third kappa shape index (κ3) is 5.97. The molecule has 3 rings (SSSR count). The molecule has 1 heterocycles. The first-order valence-corrected chi connectivity index (χ1v) is 11.9. The minimum absolute atomic E-state index is 0.0860. The van der Waals surface area contributed by atoms with E-state index in [1.807, 2.05) is 6.07 Å². The van der Waals surface area contributed by atoms with Crippen LogP contribution in [0.2, 0.25) is 0 Å². The summed E-state index contributed by atoms with van der Waals surface area (Å²) in [6, 6.07) is 13.9. The lowest BCUT2D eigenvalue weighted by atomic mass is 10.2. The monoisotopic (exact) mass is 445 g/mol. The van der Waals surface area contributed by atoms with Gasteiger partial charge in [0.1, 0.15) is 5.75 Å². The number of hydrogen-bond acceptors (Lipinski definition) is 5. The van der Waals surface area contributed by atoms with Crippen LogP contribution in [-0.4, -0.2) is 46.7 Å². The molecule has 1 aliphatic heterocycles. The van der Waals surface area contributed by atoms with Crippen molar-refractivity contribution in [3.8, 4) is 5.75 Å². The Morgan fingerprint density at radius 2 is 1.94 bits per heavy atom. The molecule has 31 heavy (non-hydrogen) atoms. The second kappa shape index (κ2) is 9.82. The number of rotatable bonds is 9. The number of methoxy groups -OCH3 is 1. The molecule has 1 fully saturated rings. The number of amides is 2. The van der Waals surface area contributed by atoms with Crippen molar-refractivity contribution in [2.45, 2.75) is 25.7 Å². The van der Waals surface area contributed by atoms with E-state index in [0.29, 0.717) is 36.5 Å². The summed E-state index contributed by atoms with van der Waals surface area (Å²) in [6.45, 7) is 0.865. The highest BCUT2D eigenvalue weighted by Gasteiger charge is 2.22. The second-order valence-corrected chi connectivity index (χ2v) is 9.29. The van der Waals surface area contributed by atoms with E-state index in [0.717, 1.165) is 18.4 Å². The molecule has 0 radical (unpaired) electrons. The van der Waals surface area contributed by atoms with Crippen LogP contribution in [-0.2, 0) is 19.6 Å². The van der Waals surface area contributed by atoms with Gasteiger partial charge in [0.2, 0.25) is 21.8 Å². The molecule has 0 bridgehead atoms. The fraction of sp³-hybridized carbons (Fsp3) is 0.364.